The monoisotopic (exact) mass is 248 g/mol. The summed E-state index contributed by atoms with van der Waals surface area (Å²) in [6.45, 7) is 5.19. The summed E-state index contributed by atoms with van der Waals surface area (Å²) in [4.78, 5) is 0. The number of fused-ring (bicyclic) bond motifs is 1. The van der Waals surface area contributed by atoms with E-state index in [0.29, 0.717) is 6.04 Å². The van der Waals surface area contributed by atoms with Gasteiger partial charge in [0.05, 0.1) is 6.04 Å². The van der Waals surface area contributed by atoms with Gasteiger partial charge in [0, 0.05) is 12.6 Å². The second kappa shape index (κ2) is 5.00. The van der Waals surface area contributed by atoms with Crippen molar-refractivity contribution in [3.05, 3.63) is 11.6 Å². The average Bonchev–Trinajstić information content (AvgIpc) is 2.79. The van der Waals surface area contributed by atoms with Crippen molar-refractivity contribution < 1.29 is 0 Å². The number of aromatic nitrogens is 3. The van der Waals surface area contributed by atoms with Crippen LogP contribution >= 0.6 is 0 Å². The zero-order valence-corrected chi connectivity index (χ0v) is 11.5. The number of rotatable bonds is 2. The normalized spacial score (nSPS) is 32.2. The maximum Gasteiger partial charge on any atom is 0.150 e. The van der Waals surface area contributed by atoms with Gasteiger partial charge in [-0.15, -0.1) is 10.2 Å². The van der Waals surface area contributed by atoms with Crippen molar-refractivity contribution >= 4 is 0 Å². The molecule has 0 spiro atoms. The molecule has 2 fully saturated rings. The first-order chi connectivity index (χ1) is 8.79. The third-order valence-corrected chi connectivity index (χ3v) is 4.74. The molecular weight excluding hydrogens is 224 g/mol. The minimum atomic E-state index is 0.422. The predicted octanol–water partition coefficient (Wildman–Crippen LogP) is 2.59. The van der Waals surface area contributed by atoms with E-state index in [1.54, 1.807) is 0 Å². The van der Waals surface area contributed by atoms with Crippen LogP contribution in [-0.2, 0) is 6.54 Å². The van der Waals surface area contributed by atoms with E-state index in [1.807, 2.05) is 6.92 Å². The number of piperidine rings is 1. The van der Waals surface area contributed by atoms with Gasteiger partial charge >= 0.3 is 0 Å². The molecule has 1 aromatic rings. The average molecular weight is 248 g/mol. The summed E-state index contributed by atoms with van der Waals surface area (Å²) in [5.74, 6) is 3.10. The van der Waals surface area contributed by atoms with E-state index >= 15 is 0 Å². The van der Waals surface area contributed by atoms with Crippen molar-refractivity contribution in [2.24, 2.45) is 5.92 Å². The molecule has 0 radical (unpaired) electrons. The number of aryl methyl sites for hydroxylation is 1. The van der Waals surface area contributed by atoms with Crippen molar-refractivity contribution in [1.29, 1.82) is 0 Å². The largest absolute Gasteiger partial charge is 0.314 e. The van der Waals surface area contributed by atoms with Crippen LogP contribution in [0.3, 0.4) is 0 Å². The molecule has 2 heterocycles. The summed E-state index contributed by atoms with van der Waals surface area (Å²) in [6, 6.07) is 1.14. The first-order valence-corrected chi connectivity index (χ1v) is 7.45. The highest BCUT2D eigenvalue weighted by molar-refractivity contribution is 5.04. The van der Waals surface area contributed by atoms with Gasteiger partial charge < -0.3 is 9.88 Å². The Morgan fingerprint density at radius 3 is 2.83 bits per heavy atom. The van der Waals surface area contributed by atoms with Gasteiger partial charge in [0.1, 0.15) is 11.6 Å². The van der Waals surface area contributed by atoms with Gasteiger partial charge in [-0.25, -0.2) is 0 Å². The summed E-state index contributed by atoms with van der Waals surface area (Å²) >= 11 is 0. The summed E-state index contributed by atoms with van der Waals surface area (Å²) < 4.78 is 2.25. The van der Waals surface area contributed by atoms with Gasteiger partial charge in [-0.05, 0) is 45.4 Å². The Kier molecular flexibility index (Phi) is 3.37. The van der Waals surface area contributed by atoms with Gasteiger partial charge in [-0.1, -0.05) is 12.8 Å². The van der Waals surface area contributed by atoms with Crippen LogP contribution in [0.25, 0.3) is 0 Å². The highest BCUT2D eigenvalue weighted by atomic mass is 15.3. The van der Waals surface area contributed by atoms with Crippen molar-refractivity contribution in [3.63, 3.8) is 0 Å². The molecule has 4 heteroatoms. The van der Waals surface area contributed by atoms with Crippen molar-refractivity contribution in [1.82, 2.24) is 20.1 Å². The topological polar surface area (TPSA) is 42.7 Å². The second-order valence-electron chi connectivity index (χ2n) is 5.80. The van der Waals surface area contributed by atoms with Gasteiger partial charge in [0.2, 0.25) is 0 Å². The van der Waals surface area contributed by atoms with Crippen LogP contribution in [0.15, 0.2) is 0 Å². The Morgan fingerprint density at radius 2 is 2.00 bits per heavy atom. The maximum absolute atomic E-state index is 4.40. The lowest BCUT2D eigenvalue weighted by molar-refractivity contribution is 0.171. The van der Waals surface area contributed by atoms with Crippen LogP contribution < -0.4 is 5.32 Å². The first kappa shape index (κ1) is 12.2. The molecule has 100 valence electrons. The quantitative estimate of drug-likeness (QED) is 0.874. The molecule has 1 saturated carbocycles. The third-order valence-electron chi connectivity index (χ3n) is 4.74. The molecule has 3 atom stereocenters. The van der Waals surface area contributed by atoms with Crippen LogP contribution in [0.4, 0.5) is 0 Å². The first-order valence-electron chi connectivity index (χ1n) is 7.45. The fourth-order valence-electron chi connectivity index (χ4n) is 3.74. The Hall–Kier alpha value is -0.900. The van der Waals surface area contributed by atoms with Crippen LogP contribution in [-0.4, -0.2) is 20.8 Å². The van der Waals surface area contributed by atoms with E-state index in [9.17, 15) is 0 Å². The molecule has 2 aliphatic rings. The zero-order chi connectivity index (χ0) is 12.5. The number of hydrogen-bond acceptors (Lipinski definition) is 3. The Labute approximate surface area is 109 Å². The molecule has 4 nitrogen and oxygen atoms in total. The molecule has 1 aliphatic heterocycles. The number of nitrogens with zero attached hydrogens (tertiary/aromatic N) is 3. The molecular formula is C14H24N4. The smallest absolute Gasteiger partial charge is 0.150 e. The fourth-order valence-corrected chi connectivity index (χ4v) is 3.74. The van der Waals surface area contributed by atoms with E-state index in [-0.39, 0.29) is 0 Å². The Bertz CT molecular complexity index is 412. The van der Waals surface area contributed by atoms with Crippen molar-refractivity contribution in [2.75, 3.05) is 0 Å². The van der Waals surface area contributed by atoms with E-state index in [0.717, 1.165) is 30.2 Å². The zero-order valence-electron chi connectivity index (χ0n) is 11.5. The second-order valence-corrected chi connectivity index (χ2v) is 5.80. The molecule has 1 N–H and O–H groups in total. The summed E-state index contributed by atoms with van der Waals surface area (Å²) in [5.41, 5.74) is 0. The molecule has 1 aromatic heterocycles. The molecule has 1 aliphatic carbocycles. The SMILES string of the molecule is CCn1c(C)nnc1C1CCC2CCCCC2N1. The highest BCUT2D eigenvalue weighted by Gasteiger charge is 2.34. The predicted molar refractivity (Wildman–Crippen MR) is 71.3 cm³/mol. The molecule has 1 saturated heterocycles. The fraction of sp³-hybridized carbons (Fsp3) is 0.857. The lowest BCUT2D eigenvalue weighted by Gasteiger charge is -2.40. The van der Waals surface area contributed by atoms with Crippen LogP contribution in [0.1, 0.15) is 63.1 Å². The molecule has 0 bridgehead atoms. The lowest BCUT2D eigenvalue weighted by Crippen LogP contribution is -2.45. The number of hydrogen-bond donors (Lipinski definition) is 1. The van der Waals surface area contributed by atoms with Crippen molar-refractivity contribution in [3.8, 4) is 0 Å². The van der Waals surface area contributed by atoms with Crippen molar-refractivity contribution in [2.45, 2.75) is 71.0 Å². The summed E-state index contributed by atoms with van der Waals surface area (Å²) in [5, 5.41) is 12.5. The lowest BCUT2D eigenvalue weighted by atomic mass is 9.77. The highest BCUT2D eigenvalue weighted by Crippen LogP contribution is 2.36. The standard InChI is InChI=1S/C14H24N4/c1-3-18-10(2)16-17-14(18)13-9-8-11-6-4-5-7-12(11)15-13/h11-13,15H,3-9H2,1-2H3. The Morgan fingerprint density at radius 1 is 1.17 bits per heavy atom. The summed E-state index contributed by atoms with van der Waals surface area (Å²) in [6.07, 6.45) is 8.17. The maximum atomic E-state index is 4.40. The molecule has 0 amide bonds. The number of nitrogens with one attached hydrogen (secondary N) is 1. The summed E-state index contributed by atoms with van der Waals surface area (Å²) in [7, 11) is 0. The third kappa shape index (κ3) is 2.07. The van der Waals surface area contributed by atoms with Gasteiger partial charge in [0.25, 0.3) is 0 Å². The minimum Gasteiger partial charge on any atom is -0.314 e. The van der Waals surface area contributed by atoms with Crippen LogP contribution in [0, 0.1) is 12.8 Å². The van der Waals surface area contributed by atoms with Gasteiger partial charge in [-0.3, -0.25) is 0 Å². The van der Waals surface area contributed by atoms with Gasteiger partial charge in [-0.2, -0.15) is 0 Å². The minimum absolute atomic E-state index is 0.422. The molecule has 18 heavy (non-hydrogen) atoms. The van der Waals surface area contributed by atoms with E-state index in [2.05, 4.69) is 27.0 Å². The van der Waals surface area contributed by atoms with E-state index < -0.39 is 0 Å². The van der Waals surface area contributed by atoms with E-state index in [1.165, 1.54) is 38.5 Å². The van der Waals surface area contributed by atoms with Crippen LogP contribution in [0.5, 0.6) is 0 Å². The molecule has 0 aromatic carbocycles. The van der Waals surface area contributed by atoms with Crippen LogP contribution in [0.2, 0.25) is 0 Å². The molecule has 3 unspecified atom stereocenters. The molecule has 3 rings (SSSR count). The van der Waals surface area contributed by atoms with Gasteiger partial charge in [0.15, 0.2) is 0 Å². The van der Waals surface area contributed by atoms with E-state index in [4.69, 9.17) is 0 Å². The Balaban J connectivity index is 1.77.